The molecule has 1 heterocycles. The van der Waals surface area contributed by atoms with Crippen molar-refractivity contribution in [3.8, 4) is 6.07 Å². The average molecular weight is 264 g/mol. The van der Waals surface area contributed by atoms with Gasteiger partial charge >= 0.3 is 0 Å². The van der Waals surface area contributed by atoms with E-state index in [4.69, 9.17) is 0 Å². The Bertz CT molecular complexity index is 371. The maximum Gasteiger partial charge on any atom is 0.0971 e. The third-order valence-electron chi connectivity index (χ3n) is 5.61. The number of likely N-dealkylation sites (tertiary alicyclic amines) is 1. The van der Waals surface area contributed by atoms with E-state index < -0.39 is 11.0 Å². The van der Waals surface area contributed by atoms with Gasteiger partial charge in [-0.2, -0.15) is 5.26 Å². The Labute approximate surface area is 117 Å². The van der Waals surface area contributed by atoms with Crippen molar-refractivity contribution in [2.45, 2.75) is 58.5 Å². The summed E-state index contributed by atoms with van der Waals surface area (Å²) in [6.07, 6.45) is 4.61. The minimum absolute atomic E-state index is 0.316. The van der Waals surface area contributed by atoms with Crippen LogP contribution in [0, 0.1) is 28.1 Å². The van der Waals surface area contributed by atoms with Gasteiger partial charge in [0.2, 0.25) is 0 Å². The van der Waals surface area contributed by atoms with E-state index in [2.05, 4.69) is 31.7 Å². The first-order valence-corrected chi connectivity index (χ1v) is 7.55. The predicted octanol–water partition coefficient (Wildman–Crippen LogP) is 2.80. The van der Waals surface area contributed by atoms with Crippen molar-refractivity contribution in [3.05, 3.63) is 0 Å². The van der Waals surface area contributed by atoms with Crippen LogP contribution in [-0.4, -0.2) is 35.7 Å². The summed E-state index contributed by atoms with van der Waals surface area (Å²) >= 11 is 0. The van der Waals surface area contributed by atoms with Gasteiger partial charge in [-0.05, 0) is 50.5 Å². The molecule has 108 valence electrons. The summed E-state index contributed by atoms with van der Waals surface area (Å²) in [5.74, 6) is 0.678. The van der Waals surface area contributed by atoms with E-state index in [1.807, 2.05) is 7.05 Å². The highest BCUT2D eigenvalue weighted by Gasteiger charge is 2.55. The lowest BCUT2D eigenvalue weighted by Crippen LogP contribution is -2.51. The third kappa shape index (κ3) is 2.53. The molecule has 2 aliphatic rings. The third-order valence-corrected chi connectivity index (χ3v) is 5.61. The summed E-state index contributed by atoms with van der Waals surface area (Å²) in [5.41, 5.74) is -0.991. The monoisotopic (exact) mass is 264 g/mol. The quantitative estimate of drug-likeness (QED) is 0.792. The zero-order valence-electron chi connectivity index (χ0n) is 12.9. The standard InChI is InChI=1S/C16H28N2O/c1-14(2,3)13-5-7-15(11-17,8-6-13)16(19)9-10-18(4)12-16/h13,19H,5-10,12H2,1-4H3. The fraction of sp³-hybridized carbons (Fsp3) is 0.938. The Morgan fingerprint density at radius 2 is 1.79 bits per heavy atom. The zero-order valence-corrected chi connectivity index (χ0v) is 12.9. The molecule has 1 atom stereocenters. The highest BCUT2D eigenvalue weighted by atomic mass is 16.3. The molecule has 3 heteroatoms. The van der Waals surface area contributed by atoms with Gasteiger partial charge in [0.05, 0.1) is 17.1 Å². The predicted molar refractivity (Wildman–Crippen MR) is 76.5 cm³/mol. The van der Waals surface area contributed by atoms with Gasteiger partial charge in [-0.3, -0.25) is 0 Å². The molecule has 1 aliphatic heterocycles. The molecule has 1 unspecified atom stereocenters. The smallest absolute Gasteiger partial charge is 0.0971 e. The largest absolute Gasteiger partial charge is 0.387 e. The number of aliphatic hydroxyl groups is 1. The first-order chi connectivity index (χ1) is 8.72. The van der Waals surface area contributed by atoms with E-state index >= 15 is 0 Å². The fourth-order valence-electron chi connectivity index (χ4n) is 4.03. The van der Waals surface area contributed by atoms with E-state index in [0.29, 0.717) is 17.9 Å². The number of hydrogen-bond donors (Lipinski definition) is 1. The summed E-state index contributed by atoms with van der Waals surface area (Å²) in [5, 5.41) is 20.7. The molecule has 0 amide bonds. The van der Waals surface area contributed by atoms with Crippen molar-refractivity contribution in [2.24, 2.45) is 16.7 Å². The number of nitriles is 1. The van der Waals surface area contributed by atoms with Crippen molar-refractivity contribution in [1.29, 1.82) is 5.26 Å². The molecule has 2 fully saturated rings. The van der Waals surface area contributed by atoms with Gasteiger partial charge in [0.1, 0.15) is 0 Å². The number of rotatable bonds is 1. The van der Waals surface area contributed by atoms with E-state index in [9.17, 15) is 10.4 Å². The van der Waals surface area contributed by atoms with Gasteiger partial charge < -0.3 is 10.0 Å². The van der Waals surface area contributed by atoms with E-state index in [1.54, 1.807) is 0 Å². The Kier molecular flexibility index (Phi) is 3.70. The van der Waals surface area contributed by atoms with Gasteiger partial charge in [0.15, 0.2) is 0 Å². The second-order valence-electron chi connectivity index (χ2n) is 7.85. The van der Waals surface area contributed by atoms with E-state index in [0.717, 1.165) is 38.6 Å². The van der Waals surface area contributed by atoms with Crippen molar-refractivity contribution >= 4 is 0 Å². The molecule has 1 saturated carbocycles. The molecule has 1 N–H and O–H groups in total. The summed E-state index contributed by atoms with van der Waals surface area (Å²) in [6, 6.07) is 2.52. The minimum atomic E-state index is -0.792. The Morgan fingerprint density at radius 3 is 2.16 bits per heavy atom. The van der Waals surface area contributed by atoms with Crippen LogP contribution in [0.25, 0.3) is 0 Å². The molecule has 0 bridgehead atoms. The van der Waals surface area contributed by atoms with Crippen LogP contribution in [0.1, 0.15) is 52.9 Å². The molecule has 2 rings (SSSR count). The summed E-state index contributed by atoms with van der Waals surface area (Å²) in [6.45, 7) is 8.42. The first kappa shape index (κ1) is 14.8. The summed E-state index contributed by atoms with van der Waals surface area (Å²) in [7, 11) is 2.03. The highest BCUT2D eigenvalue weighted by molar-refractivity contribution is 5.16. The number of β-amino-alcohol motifs (C(OH)–C–C–N with tert-alkyl or cyclic N) is 1. The normalized spacial score (nSPS) is 41.2. The van der Waals surface area contributed by atoms with Crippen molar-refractivity contribution in [1.82, 2.24) is 4.90 Å². The van der Waals surface area contributed by atoms with Crippen molar-refractivity contribution in [3.63, 3.8) is 0 Å². The molecule has 0 radical (unpaired) electrons. The Balaban J connectivity index is 2.13. The number of likely N-dealkylation sites (N-methyl/N-ethyl adjacent to an activating group) is 1. The van der Waals surface area contributed by atoms with Crippen LogP contribution in [0.5, 0.6) is 0 Å². The molecular weight excluding hydrogens is 236 g/mol. The lowest BCUT2D eigenvalue weighted by Gasteiger charge is -2.47. The molecule has 19 heavy (non-hydrogen) atoms. The SMILES string of the molecule is CN1CCC(O)(C2(C#N)CCC(C(C)(C)C)CC2)C1. The number of hydrogen-bond acceptors (Lipinski definition) is 3. The second-order valence-corrected chi connectivity index (χ2v) is 7.85. The minimum Gasteiger partial charge on any atom is -0.387 e. The number of nitrogens with zero attached hydrogens (tertiary/aromatic N) is 2. The lowest BCUT2D eigenvalue weighted by molar-refractivity contribution is -0.0744. The summed E-state index contributed by atoms with van der Waals surface area (Å²) in [4.78, 5) is 2.15. The van der Waals surface area contributed by atoms with E-state index in [-0.39, 0.29) is 0 Å². The van der Waals surface area contributed by atoms with Crippen LogP contribution in [0.15, 0.2) is 0 Å². The molecule has 0 aromatic rings. The van der Waals surface area contributed by atoms with E-state index in [1.165, 1.54) is 0 Å². The molecule has 0 spiro atoms. The van der Waals surface area contributed by atoms with Gasteiger partial charge in [-0.15, -0.1) is 0 Å². The van der Waals surface area contributed by atoms with Crippen LogP contribution in [0.2, 0.25) is 0 Å². The molecule has 3 nitrogen and oxygen atoms in total. The fourth-order valence-corrected chi connectivity index (χ4v) is 4.03. The second kappa shape index (κ2) is 4.75. The first-order valence-electron chi connectivity index (χ1n) is 7.55. The zero-order chi connectivity index (χ0) is 14.3. The molecular formula is C16H28N2O. The summed E-state index contributed by atoms with van der Waals surface area (Å²) < 4.78 is 0. The van der Waals surface area contributed by atoms with Crippen LogP contribution in [0.4, 0.5) is 0 Å². The van der Waals surface area contributed by atoms with Crippen LogP contribution in [0.3, 0.4) is 0 Å². The Morgan fingerprint density at radius 1 is 1.21 bits per heavy atom. The molecule has 0 aromatic heterocycles. The molecule has 1 aliphatic carbocycles. The van der Waals surface area contributed by atoms with Crippen molar-refractivity contribution < 1.29 is 5.11 Å². The maximum atomic E-state index is 11.0. The van der Waals surface area contributed by atoms with Gasteiger partial charge in [0.25, 0.3) is 0 Å². The van der Waals surface area contributed by atoms with Crippen molar-refractivity contribution in [2.75, 3.05) is 20.1 Å². The molecule has 1 saturated heterocycles. The molecule has 0 aromatic carbocycles. The van der Waals surface area contributed by atoms with Crippen LogP contribution < -0.4 is 0 Å². The maximum absolute atomic E-state index is 11.0. The van der Waals surface area contributed by atoms with Gasteiger partial charge in [0, 0.05) is 13.1 Å². The highest BCUT2D eigenvalue weighted by Crippen LogP contribution is 2.52. The van der Waals surface area contributed by atoms with Crippen LogP contribution in [-0.2, 0) is 0 Å². The lowest BCUT2D eigenvalue weighted by atomic mass is 9.58. The topological polar surface area (TPSA) is 47.3 Å². The Hall–Kier alpha value is -0.590. The van der Waals surface area contributed by atoms with Gasteiger partial charge in [-0.1, -0.05) is 20.8 Å². The average Bonchev–Trinajstić information content (AvgIpc) is 2.69. The van der Waals surface area contributed by atoms with Crippen LogP contribution >= 0.6 is 0 Å². The van der Waals surface area contributed by atoms with Gasteiger partial charge in [-0.25, -0.2) is 0 Å².